The Morgan fingerprint density at radius 1 is 1.22 bits per heavy atom. The maximum absolute atomic E-state index is 13.4. The normalized spacial score (nSPS) is 11.3. The minimum absolute atomic E-state index is 0.0659. The van der Waals surface area contributed by atoms with Crippen LogP contribution in [0.5, 0.6) is 0 Å². The fourth-order valence-corrected chi connectivity index (χ4v) is 1.50. The van der Waals surface area contributed by atoms with Gasteiger partial charge in [-0.2, -0.15) is 0 Å². The first-order valence-electron chi connectivity index (χ1n) is 5.40. The van der Waals surface area contributed by atoms with Crippen LogP contribution in [-0.2, 0) is 11.3 Å². The average molecular weight is 261 g/mol. The van der Waals surface area contributed by atoms with E-state index in [1.54, 1.807) is 13.8 Å². The molecule has 0 unspecified atom stereocenters. The van der Waals surface area contributed by atoms with Gasteiger partial charge in [-0.15, -0.1) is 0 Å². The van der Waals surface area contributed by atoms with Crippen molar-refractivity contribution in [2.75, 3.05) is 6.54 Å². The second-order valence-corrected chi connectivity index (χ2v) is 4.25. The molecule has 0 aliphatic carbocycles. The molecule has 0 amide bonds. The SMILES string of the molecule is CC(C)N(CC(=O)O)Cc1cc(F)c(F)cc1F. The Kier molecular flexibility index (Phi) is 4.72. The highest BCUT2D eigenvalue weighted by Gasteiger charge is 2.17. The van der Waals surface area contributed by atoms with Gasteiger partial charge in [0.05, 0.1) is 6.54 Å². The Morgan fingerprint density at radius 2 is 1.78 bits per heavy atom. The monoisotopic (exact) mass is 261 g/mol. The first kappa shape index (κ1) is 14.5. The van der Waals surface area contributed by atoms with Crippen LogP contribution in [0.25, 0.3) is 0 Å². The molecule has 18 heavy (non-hydrogen) atoms. The van der Waals surface area contributed by atoms with Crippen LogP contribution >= 0.6 is 0 Å². The highest BCUT2D eigenvalue weighted by molar-refractivity contribution is 5.69. The zero-order chi connectivity index (χ0) is 13.9. The lowest BCUT2D eigenvalue weighted by Crippen LogP contribution is -2.35. The van der Waals surface area contributed by atoms with E-state index in [2.05, 4.69) is 0 Å². The van der Waals surface area contributed by atoms with Crippen LogP contribution in [0.1, 0.15) is 19.4 Å². The van der Waals surface area contributed by atoms with Crippen LogP contribution in [-0.4, -0.2) is 28.6 Å². The number of hydrogen-bond donors (Lipinski definition) is 1. The number of halogens is 3. The van der Waals surface area contributed by atoms with Gasteiger partial charge < -0.3 is 5.11 Å². The summed E-state index contributed by atoms with van der Waals surface area (Å²) < 4.78 is 39.2. The molecule has 0 radical (unpaired) electrons. The molecule has 0 heterocycles. The van der Waals surface area contributed by atoms with Gasteiger partial charge in [0.2, 0.25) is 0 Å². The number of rotatable bonds is 5. The van der Waals surface area contributed by atoms with Gasteiger partial charge in [0.15, 0.2) is 11.6 Å². The summed E-state index contributed by atoms with van der Waals surface area (Å²) in [6.45, 7) is 3.09. The molecule has 0 fully saturated rings. The Bertz CT molecular complexity index is 449. The van der Waals surface area contributed by atoms with Crippen LogP contribution in [0.3, 0.4) is 0 Å². The fourth-order valence-electron chi connectivity index (χ4n) is 1.50. The molecule has 0 saturated carbocycles. The van der Waals surface area contributed by atoms with Gasteiger partial charge in [-0.1, -0.05) is 0 Å². The largest absolute Gasteiger partial charge is 0.480 e. The summed E-state index contributed by atoms with van der Waals surface area (Å²) >= 11 is 0. The van der Waals surface area contributed by atoms with Gasteiger partial charge in [0, 0.05) is 24.2 Å². The Morgan fingerprint density at radius 3 is 2.28 bits per heavy atom. The van der Waals surface area contributed by atoms with Gasteiger partial charge in [-0.25, -0.2) is 13.2 Å². The van der Waals surface area contributed by atoms with E-state index in [4.69, 9.17) is 5.11 Å². The summed E-state index contributed by atoms with van der Waals surface area (Å²) in [5.74, 6) is -4.35. The van der Waals surface area contributed by atoms with Crippen molar-refractivity contribution >= 4 is 5.97 Å². The molecule has 1 rings (SSSR count). The zero-order valence-electron chi connectivity index (χ0n) is 10.1. The van der Waals surface area contributed by atoms with E-state index in [-0.39, 0.29) is 24.7 Å². The van der Waals surface area contributed by atoms with E-state index in [9.17, 15) is 18.0 Å². The first-order valence-corrected chi connectivity index (χ1v) is 5.40. The van der Waals surface area contributed by atoms with Crippen LogP contribution in [0.4, 0.5) is 13.2 Å². The molecule has 3 nitrogen and oxygen atoms in total. The molecule has 0 aliphatic rings. The van der Waals surface area contributed by atoms with Gasteiger partial charge in [0.1, 0.15) is 5.82 Å². The lowest BCUT2D eigenvalue weighted by atomic mass is 10.1. The summed E-state index contributed by atoms with van der Waals surface area (Å²) in [6, 6.07) is 1.06. The minimum atomic E-state index is -1.26. The molecule has 0 bridgehead atoms. The van der Waals surface area contributed by atoms with Gasteiger partial charge in [-0.3, -0.25) is 9.69 Å². The quantitative estimate of drug-likeness (QED) is 0.827. The number of carboxylic acids is 1. The number of benzene rings is 1. The van der Waals surface area contributed by atoms with Crippen LogP contribution < -0.4 is 0 Å². The van der Waals surface area contributed by atoms with Gasteiger partial charge >= 0.3 is 5.97 Å². The third-order valence-corrected chi connectivity index (χ3v) is 2.53. The van der Waals surface area contributed by atoms with E-state index >= 15 is 0 Å². The minimum Gasteiger partial charge on any atom is -0.480 e. The number of carbonyl (C=O) groups is 1. The third kappa shape index (κ3) is 3.73. The number of carboxylic acid groups (broad SMARTS) is 1. The van der Waals surface area contributed by atoms with Crippen LogP contribution in [0, 0.1) is 17.5 Å². The maximum atomic E-state index is 13.4. The van der Waals surface area contributed by atoms with Crippen molar-refractivity contribution in [3.63, 3.8) is 0 Å². The molecule has 0 aromatic heterocycles. The summed E-state index contributed by atoms with van der Waals surface area (Å²) in [6.07, 6.45) is 0. The Balaban J connectivity index is 2.93. The summed E-state index contributed by atoms with van der Waals surface area (Å²) in [5, 5.41) is 8.71. The molecule has 0 aliphatic heterocycles. The Hall–Kier alpha value is -1.56. The van der Waals surface area contributed by atoms with Crippen molar-refractivity contribution < 1.29 is 23.1 Å². The highest BCUT2D eigenvalue weighted by atomic mass is 19.2. The second kappa shape index (κ2) is 5.86. The van der Waals surface area contributed by atoms with Crippen molar-refractivity contribution in [2.45, 2.75) is 26.4 Å². The van der Waals surface area contributed by atoms with Crippen molar-refractivity contribution in [3.8, 4) is 0 Å². The lowest BCUT2D eigenvalue weighted by molar-refractivity contribution is -0.139. The molecule has 0 atom stereocenters. The maximum Gasteiger partial charge on any atom is 0.317 e. The van der Waals surface area contributed by atoms with E-state index in [1.165, 1.54) is 4.90 Å². The number of nitrogens with zero attached hydrogens (tertiary/aromatic N) is 1. The molecule has 0 saturated heterocycles. The van der Waals surface area contributed by atoms with Gasteiger partial charge in [-0.05, 0) is 19.9 Å². The smallest absolute Gasteiger partial charge is 0.317 e. The predicted octanol–water partition coefficient (Wildman–Crippen LogP) is 2.40. The fraction of sp³-hybridized carbons (Fsp3) is 0.417. The summed E-state index contributed by atoms with van der Waals surface area (Å²) in [4.78, 5) is 12.1. The van der Waals surface area contributed by atoms with Crippen molar-refractivity contribution in [1.29, 1.82) is 0 Å². The van der Waals surface area contributed by atoms with Gasteiger partial charge in [0.25, 0.3) is 0 Å². The number of aliphatic carboxylic acids is 1. The highest BCUT2D eigenvalue weighted by Crippen LogP contribution is 2.16. The molecule has 6 heteroatoms. The molecule has 1 aromatic carbocycles. The molecule has 1 N–H and O–H groups in total. The van der Waals surface area contributed by atoms with Crippen LogP contribution in [0.15, 0.2) is 12.1 Å². The zero-order valence-corrected chi connectivity index (χ0v) is 10.1. The third-order valence-electron chi connectivity index (χ3n) is 2.53. The second-order valence-electron chi connectivity index (χ2n) is 4.25. The molecule has 1 aromatic rings. The Labute approximate surface area is 103 Å². The van der Waals surface area contributed by atoms with Crippen molar-refractivity contribution in [2.24, 2.45) is 0 Å². The van der Waals surface area contributed by atoms with Crippen molar-refractivity contribution in [3.05, 3.63) is 35.1 Å². The van der Waals surface area contributed by atoms with E-state index < -0.39 is 23.4 Å². The molecule has 0 spiro atoms. The van der Waals surface area contributed by atoms with E-state index in [1.807, 2.05) is 0 Å². The first-order chi connectivity index (χ1) is 8.31. The molecular weight excluding hydrogens is 247 g/mol. The number of hydrogen-bond acceptors (Lipinski definition) is 2. The van der Waals surface area contributed by atoms with Crippen molar-refractivity contribution in [1.82, 2.24) is 4.90 Å². The molecular formula is C12H14F3NO2. The average Bonchev–Trinajstić information content (AvgIpc) is 2.23. The predicted molar refractivity (Wildman–Crippen MR) is 59.5 cm³/mol. The lowest BCUT2D eigenvalue weighted by Gasteiger charge is -2.24. The standard InChI is InChI=1S/C12H14F3NO2/c1-7(2)16(6-12(17)18)5-8-3-10(14)11(15)4-9(8)13/h3-4,7H,5-6H2,1-2H3,(H,17,18). The topological polar surface area (TPSA) is 40.5 Å². The van der Waals surface area contributed by atoms with Crippen LogP contribution in [0.2, 0.25) is 0 Å². The summed E-state index contributed by atoms with van der Waals surface area (Å²) in [7, 11) is 0. The summed E-state index contributed by atoms with van der Waals surface area (Å²) in [5.41, 5.74) is -0.0659. The van der Waals surface area contributed by atoms with E-state index in [0.717, 1.165) is 6.07 Å². The van der Waals surface area contributed by atoms with E-state index in [0.29, 0.717) is 6.07 Å². The molecule has 100 valence electrons.